The van der Waals surface area contributed by atoms with Crippen molar-refractivity contribution in [3.05, 3.63) is 15.6 Å². The number of hydrogen-bond acceptors (Lipinski definition) is 5. The maximum Gasteiger partial charge on any atom is 0.119 e. The number of aromatic nitrogens is 1. The molecule has 0 aromatic carbocycles. The molecule has 17 heavy (non-hydrogen) atoms. The molecule has 0 atom stereocenters. The van der Waals surface area contributed by atoms with Gasteiger partial charge in [-0.15, -0.1) is 11.3 Å². The molecule has 1 aromatic rings. The second-order valence-corrected chi connectivity index (χ2v) is 5.46. The average molecular weight is 256 g/mol. The summed E-state index contributed by atoms with van der Waals surface area (Å²) in [7, 11) is 3.44. The van der Waals surface area contributed by atoms with E-state index in [2.05, 4.69) is 10.3 Å². The minimum atomic E-state index is 0.627. The van der Waals surface area contributed by atoms with Crippen molar-refractivity contribution in [1.29, 1.82) is 0 Å². The molecule has 1 heterocycles. The van der Waals surface area contributed by atoms with E-state index in [0.717, 1.165) is 24.7 Å². The lowest BCUT2D eigenvalue weighted by Gasteiger charge is -2.03. The lowest BCUT2D eigenvalue weighted by atomic mass is 10.2. The molecule has 0 saturated heterocycles. The zero-order chi connectivity index (χ0) is 12.1. The number of rotatable bonds is 8. The molecule has 0 aliphatic heterocycles. The minimum Gasteiger partial charge on any atom is -0.383 e. The highest BCUT2D eigenvalue weighted by molar-refractivity contribution is 7.11. The maximum absolute atomic E-state index is 5.15. The van der Waals surface area contributed by atoms with Crippen molar-refractivity contribution < 1.29 is 9.47 Å². The predicted molar refractivity (Wildman–Crippen MR) is 68.4 cm³/mol. The summed E-state index contributed by atoms with van der Waals surface area (Å²) in [5.74, 6) is 0.705. The normalized spacial score (nSPS) is 15.4. The van der Waals surface area contributed by atoms with Crippen molar-refractivity contribution in [2.75, 3.05) is 27.4 Å². The second kappa shape index (κ2) is 6.44. The molecule has 96 valence electrons. The van der Waals surface area contributed by atoms with Gasteiger partial charge in [-0.1, -0.05) is 0 Å². The van der Waals surface area contributed by atoms with Crippen LogP contribution in [0.25, 0.3) is 0 Å². The second-order valence-electron chi connectivity index (χ2n) is 4.29. The first-order valence-electron chi connectivity index (χ1n) is 6.02. The lowest BCUT2D eigenvalue weighted by Crippen LogP contribution is -2.18. The van der Waals surface area contributed by atoms with Gasteiger partial charge in [0.2, 0.25) is 0 Å². The fourth-order valence-electron chi connectivity index (χ4n) is 1.78. The maximum atomic E-state index is 5.15. The smallest absolute Gasteiger partial charge is 0.119 e. The van der Waals surface area contributed by atoms with E-state index in [1.807, 2.05) is 0 Å². The Hall–Kier alpha value is -0.490. The highest BCUT2D eigenvalue weighted by Gasteiger charge is 2.29. The first kappa shape index (κ1) is 13.0. The Morgan fingerprint density at radius 2 is 2.18 bits per heavy atom. The van der Waals surface area contributed by atoms with Crippen LogP contribution in [0.3, 0.4) is 0 Å². The Morgan fingerprint density at radius 1 is 1.35 bits per heavy atom. The van der Waals surface area contributed by atoms with Crippen LogP contribution in [-0.2, 0) is 22.6 Å². The van der Waals surface area contributed by atoms with Gasteiger partial charge in [-0.05, 0) is 12.8 Å². The van der Waals surface area contributed by atoms with Crippen molar-refractivity contribution in [3.63, 3.8) is 0 Å². The zero-order valence-corrected chi connectivity index (χ0v) is 11.3. The Bertz CT molecular complexity index is 350. The number of hydrogen-bond donors (Lipinski definition) is 1. The number of nitrogens with zero attached hydrogens (tertiary/aromatic N) is 1. The summed E-state index contributed by atoms with van der Waals surface area (Å²) in [6, 6.07) is 0. The van der Waals surface area contributed by atoms with Gasteiger partial charge >= 0.3 is 0 Å². The van der Waals surface area contributed by atoms with Gasteiger partial charge in [-0.3, -0.25) is 0 Å². The molecule has 0 spiro atoms. The molecular formula is C12H20N2O2S. The van der Waals surface area contributed by atoms with Gasteiger partial charge in [0.25, 0.3) is 0 Å². The highest BCUT2D eigenvalue weighted by atomic mass is 32.1. The van der Waals surface area contributed by atoms with Gasteiger partial charge in [-0.25, -0.2) is 4.98 Å². The summed E-state index contributed by atoms with van der Waals surface area (Å²) in [4.78, 5) is 6.05. The van der Waals surface area contributed by atoms with E-state index in [4.69, 9.17) is 9.47 Å². The van der Waals surface area contributed by atoms with Crippen molar-refractivity contribution in [3.8, 4) is 0 Å². The van der Waals surface area contributed by atoms with Gasteiger partial charge < -0.3 is 14.8 Å². The molecular weight excluding hydrogens is 236 g/mol. The van der Waals surface area contributed by atoms with E-state index in [1.54, 1.807) is 25.6 Å². The van der Waals surface area contributed by atoms with Crippen molar-refractivity contribution in [1.82, 2.24) is 10.3 Å². The quantitative estimate of drug-likeness (QED) is 0.722. The number of thiazole rings is 1. The minimum absolute atomic E-state index is 0.627. The summed E-state index contributed by atoms with van der Waals surface area (Å²) in [5, 5.41) is 4.48. The molecule has 2 rings (SSSR count). The van der Waals surface area contributed by atoms with Crippen molar-refractivity contribution in [2.45, 2.75) is 31.9 Å². The molecule has 0 bridgehead atoms. The van der Waals surface area contributed by atoms with Crippen LogP contribution >= 0.6 is 11.3 Å². The van der Waals surface area contributed by atoms with Crippen LogP contribution < -0.4 is 5.32 Å². The zero-order valence-electron chi connectivity index (χ0n) is 10.5. The first-order chi connectivity index (χ1) is 8.35. The van der Waals surface area contributed by atoms with Crippen LogP contribution in [0.5, 0.6) is 0 Å². The lowest BCUT2D eigenvalue weighted by molar-refractivity contribution is 0.184. The van der Waals surface area contributed by atoms with Gasteiger partial charge in [-0.2, -0.15) is 0 Å². The van der Waals surface area contributed by atoms with Crippen molar-refractivity contribution >= 4 is 11.3 Å². The Morgan fingerprint density at radius 3 is 2.82 bits per heavy atom. The van der Waals surface area contributed by atoms with E-state index in [-0.39, 0.29) is 0 Å². The standard InChI is InChI=1S/C12H20N2O2S/c1-15-6-5-13-7-10-12(9-3-4-9)14-11(17-10)8-16-2/h9,13H,3-8H2,1-2H3. The summed E-state index contributed by atoms with van der Waals surface area (Å²) >= 11 is 1.77. The molecule has 1 aliphatic rings. The fraction of sp³-hybridized carbons (Fsp3) is 0.750. The summed E-state index contributed by atoms with van der Waals surface area (Å²) in [6.45, 7) is 3.17. The topological polar surface area (TPSA) is 43.4 Å². The predicted octanol–water partition coefficient (Wildman–Crippen LogP) is 1.90. The van der Waals surface area contributed by atoms with E-state index >= 15 is 0 Å². The monoisotopic (exact) mass is 256 g/mol. The first-order valence-corrected chi connectivity index (χ1v) is 6.84. The fourth-order valence-corrected chi connectivity index (χ4v) is 2.87. The summed E-state index contributed by atoms with van der Waals surface area (Å²) < 4.78 is 10.2. The molecule has 1 aromatic heterocycles. The summed E-state index contributed by atoms with van der Waals surface area (Å²) in [6.07, 6.45) is 2.59. The number of ether oxygens (including phenoxy) is 2. The van der Waals surface area contributed by atoms with E-state index in [0.29, 0.717) is 12.5 Å². The Kier molecular flexibility index (Phi) is 4.91. The molecule has 1 aliphatic carbocycles. The van der Waals surface area contributed by atoms with Crippen LogP contribution in [0.1, 0.15) is 34.3 Å². The van der Waals surface area contributed by atoms with Crippen molar-refractivity contribution in [2.24, 2.45) is 0 Å². The third kappa shape index (κ3) is 3.74. The number of nitrogens with one attached hydrogen (secondary N) is 1. The largest absolute Gasteiger partial charge is 0.383 e. The molecule has 1 N–H and O–H groups in total. The Balaban J connectivity index is 1.93. The molecule has 1 saturated carbocycles. The molecule has 5 heteroatoms. The molecule has 0 amide bonds. The highest BCUT2D eigenvalue weighted by Crippen LogP contribution is 2.42. The van der Waals surface area contributed by atoms with E-state index in [9.17, 15) is 0 Å². The SMILES string of the molecule is COCCNCc1sc(COC)nc1C1CC1. The number of methoxy groups -OCH3 is 2. The van der Waals surface area contributed by atoms with Crippen LogP contribution in [-0.4, -0.2) is 32.4 Å². The average Bonchev–Trinajstić information content (AvgIpc) is 3.09. The third-order valence-electron chi connectivity index (χ3n) is 2.77. The molecule has 4 nitrogen and oxygen atoms in total. The van der Waals surface area contributed by atoms with Gasteiger partial charge in [0.05, 0.1) is 18.9 Å². The van der Waals surface area contributed by atoms with Gasteiger partial charge in [0.15, 0.2) is 0 Å². The summed E-state index contributed by atoms with van der Waals surface area (Å²) in [5.41, 5.74) is 1.30. The van der Waals surface area contributed by atoms with E-state index < -0.39 is 0 Å². The van der Waals surface area contributed by atoms with Crippen LogP contribution in [0.2, 0.25) is 0 Å². The molecule has 0 unspecified atom stereocenters. The molecule has 1 fully saturated rings. The van der Waals surface area contributed by atoms with Gasteiger partial charge in [0, 0.05) is 38.1 Å². The van der Waals surface area contributed by atoms with Crippen LogP contribution in [0, 0.1) is 0 Å². The molecule has 0 radical (unpaired) electrons. The van der Waals surface area contributed by atoms with Gasteiger partial charge in [0.1, 0.15) is 5.01 Å². The van der Waals surface area contributed by atoms with Crippen LogP contribution in [0.15, 0.2) is 0 Å². The van der Waals surface area contributed by atoms with Crippen LogP contribution in [0.4, 0.5) is 0 Å². The third-order valence-corrected chi connectivity index (χ3v) is 3.82. The Labute approximate surface area is 106 Å². The van der Waals surface area contributed by atoms with E-state index in [1.165, 1.54) is 23.4 Å².